The van der Waals surface area contributed by atoms with Crippen molar-refractivity contribution in [2.24, 2.45) is 0 Å². The minimum atomic E-state index is -0.0278. The van der Waals surface area contributed by atoms with Crippen LogP contribution in [0.25, 0.3) is 10.6 Å². The van der Waals surface area contributed by atoms with Gasteiger partial charge in [-0.1, -0.05) is 11.3 Å². The zero-order valence-electron chi connectivity index (χ0n) is 11.1. The Hall–Kier alpha value is -1.95. The van der Waals surface area contributed by atoms with Gasteiger partial charge in [0.2, 0.25) is 11.0 Å². The standard InChI is InChI=1S/C13H15N3O2S/c1-4-16(9(2)17)13-15-14-12(19-13)10-5-7-11(18-3)8-6-10/h5-8H,4H2,1-3H3. The molecular weight excluding hydrogens is 262 g/mol. The zero-order chi connectivity index (χ0) is 13.8. The Bertz CT molecular complexity index is 566. The largest absolute Gasteiger partial charge is 0.497 e. The molecule has 0 N–H and O–H groups in total. The first kappa shape index (κ1) is 13.5. The van der Waals surface area contributed by atoms with Crippen LogP contribution in [0.1, 0.15) is 13.8 Å². The summed E-state index contributed by atoms with van der Waals surface area (Å²) in [6.07, 6.45) is 0. The van der Waals surface area contributed by atoms with Crippen LogP contribution in [0, 0.1) is 0 Å². The first-order chi connectivity index (χ1) is 9.15. The molecule has 1 aromatic heterocycles. The molecule has 0 bridgehead atoms. The fourth-order valence-corrected chi connectivity index (χ4v) is 2.63. The summed E-state index contributed by atoms with van der Waals surface area (Å²) in [4.78, 5) is 13.1. The maximum absolute atomic E-state index is 11.5. The van der Waals surface area contributed by atoms with Gasteiger partial charge >= 0.3 is 0 Å². The van der Waals surface area contributed by atoms with E-state index < -0.39 is 0 Å². The van der Waals surface area contributed by atoms with Crippen molar-refractivity contribution >= 4 is 22.4 Å². The van der Waals surface area contributed by atoms with Gasteiger partial charge in [0.05, 0.1) is 7.11 Å². The van der Waals surface area contributed by atoms with Crippen LogP contribution in [-0.4, -0.2) is 29.8 Å². The second-order valence-electron chi connectivity index (χ2n) is 3.88. The molecule has 1 aromatic carbocycles. The number of anilines is 1. The fourth-order valence-electron chi connectivity index (χ4n) is 1.67. The molecule has 0 fully saturated rings. The van der Waals surface area contributed by atoms with Crippen LogP contribution in [0.5, 0.6) is 5.75 Å². The molecule has 0 aliphatic carbocycles. The van der Waals surface area contributed by atoms with Crippen LogP contribution >= 0.6 is 11.3 Å². The van der Waals surface area contributed by atoms with E-state index in [9.17, 15) is 4.79 Å². The lowest BCUT2D eigenvalue weighted by atomic mass is 10.2. The molecule has 2 rings (SSSR count). The molecule has 0 unspecified atom stereocenters. The van der Waals surface area contributed by atoms with E-state index in [1.807, 2.05) is 31.2 Å². The van der Waals surface area contributed by atoms with E-state index in [1.54, 1.807) is 12.0 Å². The molecule has 0 aliphatic rings. The molecule has 0 saturated heterocycles. The summed E-state index contributed by atoms with van der Waals surface area (Å²) in [7, 11) is 1.63. The number of carbonyl (C=O) groups excluding carboxylic acids is 1. The summed E-state index contributed by atoms with van der Waals surface area (Å²) in [5.41, 5.74) is 0.962. The average Bonchev–Trinajstić information content (AvgIpc) is 2.89. The summed E-state index contributed by atoms with van der Waals surface area (Å²) >= 11 is 1.40. The molecule has 0 radical (unpaired) electrons. The molecule has 19 heavy (non-hydrogen) atoms. The highest BCUT2D eigenvalue weighted by Crippen LogP contribution is 2.29. The molecule has 6 heteroatoms. The maximum Gasteiger partial charge on any atom is 0.225 e. The van der Waals surface area contributed by atoms with E-state index in [1.165, 1.54) is 18.3 Å². The van der Waals surface area contributed by atoms with E-state index in [0.717, 1.165) is 16.3 Å². The molecular formula is C13H15N3O2S. The predicted molar refractivity (Wildman–Crippen MR) is 75.6 cm³/mol. The average molecular weight is 277 g/mol. The quantitative estimate of drug-likeness (QED) is 0.862. The van der Waals surface area contributed by atoms with E-state index >= 15 is 0 Å². The van der Waals surface area contributed by atoms with Crippen LogP contribution < -0.4 is 9.64 Å². The normalized spacial score (nSPS) is 10.3. The van der Waals surface area contributed by atoms with Gasteiger partial charge < -0.3 is 4.74 Å². The maximum atomic E-state index is 11.5. The van der Waals surface area contributed by atoms with Crippen molar-refractivity contribution < 1.29 is 9.53 Å². The zero-order valence-corrected chi connectivity index (χ0v) is 11.9. The molecule has 0 aliphatic heterocycles. The second-order valence-corrected chi connectivity index (χ2v) is 4.84. The van der Waals surface area contributed by atoms with Gasteiger partial charge in [0.15, 0.2) is 0 Å². The third-order valence-electron chi connectivity index (χ3n) is 2.68. The Morgan fingerprint density at radius 1 is 1.32 bits per heavy atom. The van der Waals surface area contributed by atoms with Gasteiger partial charge in [-0.2, -0.15) is 0 Å². The van der Waals surface area contributed by atoms with Crippen molar-refractivity contribution in [3.05, 3.63) is 24.3 Å². The third-order valence-corrected chi connectivity index (χ3v) is 3.67. The SMILES string of the molecule is CCN(C(C)=O)c1nnc(-c2ccc(OC)cc2)s1. The molecule has 1 amide bonds. The van der Waals surface area contributed by atoms with E-state index in [-0.39, 0.29) is 5.91 Å². The lowest BCUT2D eigenvalue weighted by Crippen LogP contribution is -2.27. The number of hydrogen-bond donors (Lipinski definition) is 0. The van der Waals surface area contributed by atoms with Crippen LogP contribution in [0.2, 0.25) is 0 Å². The minimum Gasteiger partial charge on any atom is -0.497 e. The van der Waals surface area contributed by atoms with Crippen LogP contribution in [0.4, 0.5) is 5.13 Å². The fraction of sp³-hybridized carbons (Fsp3) is 0.308. The number of nitrogens with zero attached hydrogens (tertiary/aromatic N) is 3. The van der Waals surface area contributed by atoms with E-state index in [4.69, 9.17) is 4.74 Å². The molecule has 1 heterocycles. The highest BCUT2D eigenvalue weighted by atomic mass is 32.1. The van der Waals surface area contributed by atoms with Crippen molar-refractivity contribution in [1.29, 1.82) is 0 Å². The van der Waals surface area contributed by atoms with Gasteiger partial charge in [-0.05, 0) is 31.2 Å². The van der Waals surface area contributed by atoms with Crippen molar-refractivity contribution in [2.45, 2.75) is 13.8 Å². The summed E-state index contributed by atoms with van der Waals surface area (Å²) in [6, 6.07) is 7.60. The number of carbonyl (C=O) groups is 1. The van der Waals surface area contributed by atoms with Gasteiger partial charge in [0, 0.05) is 19.0 Å². The van der Waals surface area contributed by atoms with Gasteiger partial charge in [0.1, 0.15) is 10.8 Å². The van der Waals surface area contributed by atoms with E-state index in [0.29, 0.717) is 11.7 Å². The summed E-state index contributed by atoms with van der Waals surface area (Å²) in [5.74, 6) is 0.771. The topological polar surface area (TPSA) is 55.3 Å². The predicted octanol–water partition coefficient (Wildman–Crippen LogP) is 2.59. The molecule has 5 nitrogen and oxygen atoms in total. The van der Waals surface area contributed by atoms with Crippen molar-refractivity contribution in [3.63, 3.8) is 0 Å². The van der Waals surface area contributed by atoms with Crippen molar-refractivity contribution in [1.82, 2.24) is 10.2 Å². The molecule has 100 valence electrons. The summed E-state index contributed by atoms with van der Waals surface area (Å²) in [6.45, 7) is 4.03. The van der Waals surface area contributed by atoms with Crippen LogP contribution in [0.15, 0.2) is 24.3 Å². The smallest absolute Gasteiger partial charge is 0.225 e. The lowest BCUT2D eigenvalue weighted by Gasteiger charge is -2.13. The highest BCUT2D eigenvalue weighted by molar-refractivity contribution is 7.18. The Kier molecular flexibility index (Phi) is 4.11. The summed E-state index contributed by atoms with van der Waals surface area (Å²) < 4.78 is 5.11. The van der Waals surface area contributed by atoms with Crippen LogP contribution in [-0.2, 0) is 4.79 Å². The number of ether oxygens (including phenoxy) is 1. The second kappa shape index (κ2) is 5.79. The first-order valence-electron chi connectivity index (χ1n) is 5.91. The van der Waals surface area contributed by atoms with Crippen molar-refractivity contribution in [2.75, 3.05) is 18.6 Å². The van der Waals surface area contributed by atoms with Crippen LogP contribution in [0.3, 0.4) is 0 Å². The van der Waals surface area contributed by atoms with Gasteiger partial charge in [0.25, 0.3) is 0 Å². The van der Waals surface area contributed by atoms with Crippen molar-refractivity contribution in [3.8, 4) is 16.3 Å². The summed E-state index contributed by atoms with van der Waals surface area (Å²) in [5, 5.41) is 9.61. The highest BCUT2D eigenvalue weighted by Gasteiger charge is 2.15. The molecule has 0 saturated carbocycles. The Morgan fingerprint density at radius 3 is 2.53 bits per heavy atom. The number of rotatable bonds is 4. The molecule has 2 aromatic rings. The van der Waals surface area contributed by atoms with Gasteiger partial charge in [-0.25, -0.2) is 0 Å². The van der Waals surface area contributed by atoms with Gasteiger partial charge in [-0.15, -0.1) is 10.2 Å². The monoisotopic (exact) mass is 277 g/mol. The lowest BCUT2D eigenvalue weighted by molar-refractivity contribution is -0.116. The molecule has 0 spiro atoms. The first-order valence-corrected chi connectivity index (χ1v) is 6.73. The van der Waals surface area contributed by atoms with Gasteiger partial charge in [-0.3, -0.25) is 9.69 Å². The number of aromatic nitrogens is 2. The number of hydrogen-bond acceptors (Lipinski definition) is 5. The third kappa shape index (κ3) is 2.90. The number of amides is 1. The van der Waals surface area contributed by atoms with E-state index in [2.05, 4.69) is 10.2 Å². The Balaban J connectivity index is 2.26. The Morgan fingerprint density at radius 2 is 2.00 bits per heavy atom. The molecule has 0 atom stereocenters. The minimum absolute atomic E-state index is 0.0278. The number of benzene rings is 1. The number of methoxy groups -OCH3 is 1. The Labute approximate surface area is 115 Å².